The lowest BCUT2D eigenvalue weighted by Gasteiger charge is -2.17. The number of hydrogen-bond donors (Lipinski definition) is 6. The van der Waals surface area contributed by atoms with E-state index in [9.17, 15) is 38.7 Å². The molecule has 0 saturated heterocycles. The van der Waals surface area contributed by atoms with Crippen LogP contribution in [0, 0.1) is 12.8 Å². The molecule has 0 saturated carbocycles. The number of aromatic nitrogens is 7. The summed E-state index contributed by atoms with van der Waals surface area (Å²) in [6.07, 6.45) is -1.60. The van der Waals surface area contributed by atoms with Gasteiger partial charge in [0.1, 0.15) is 76.9 Å². The number of hydrogen-bond acceptors (Lipinski definition) is 25. The summed E-state index contributed by atoms with van der Waals surface area (Å²) >= 11 is 7.43. The molecule has 0 bridgehead atoms. The minimum absolute atomic E-state index is 0.00862. The molecule has 0 aliphatic rings. The summed E-state index contributed by atoms with van der Waals surface area (Å²) < 4.78 is 15.2. The van der Waals surface area contributed by atoms with Crippen LogP contribution in [0.1, 0.15) is 132 Å². The van der Waals surface area contributed by atoms with Gasteiger partial charge in [-0.1, -0.05) is 44.2 Å². The summed E-state index contributed by atoms with van der Waals surface area (Å²) in [4.78, 5) is 125. The van der Waals surface area contributed by atoms with Crippen molar-refractivity contribution in [1.82, 2.24) is 50.8 Å². The van der Waals surface area contributed by atoms with Crippen molar-refractivity contribution < 1.29 is 52.9 Å². The van der Waals surface area contributed by atoms with Gasteiger partial charge < -0.3 is 41.0 Å². The highest BCUT2D eigenvalue weighted by molar-refractivity contribution is 7.15. The molecular formula is C55H58N12O11S6. The van der Waals surface area contributed by atoms with E-state index < -0.39 is 53.9 Å². The van der Waals surface area contributed by atoms with E-state index in [0.717, 1.165) is 0 Å². The Labute approximate surface area is 506 Å². The average molecular weight is 1260 g/mol. The second-order valence-corrected chi connectivity index (χ2v) is 24.9. The van der Waals surface area contributed by atoms with Gasteiger partial charge in [-0.3, -0.25) is 34.1 Å². The standard InChI is InChI=1S/C55H58N12O11S6/c1-26(2)31(50-67-45(38(84-50)21-76-6)48(74)58-20-27(3)68)18-37(69)43-28(4)83-53(66-43)33(19-40(70)57-5)60-47(73)35-23-79-49(62-35)30-15-16-32(51-64-39(25-82-51)65-55(75)78-17-11-14-41(71)77-7)59-44(30)34-22-80-52(61-34)36-24-81-54(63-36)42(56)46(72)29-12-9-8-10-13-29/h8-10,12-13,15-16,22-26,31,33,42,46,72H,11,14,17-21,56H2,1-7H3,(H,57,70)(H,58,74)(H,60,73)(H,65,75)/t31-,33-,42-,46-/m0/s1. The number of thiazole rings is 6. The summed E-state index contributed by atoms with van der Waals surface area (Å²) in [7, 11) is 4.25. The van der Waals surface area contributed by atoms with Crippen LogP contribution < -0.4 is 27.0 Å². The molecule has 0 aliphatic carbocycles. The van der Waals surface area contributed by atoms with Crippen molar-refractivity contribution in [3.63, 3.8) is 0 Å². The molecule has 8 aromatic rings. The lowest BCUT2D eigenvalue weighted by atomic mass is 9.90. The fourth-order valence-corrected chi connectivity index (χ4v) is 13.7. The maximum absolute atomic E-state index is 14.3. The second kappa shape index (κ2) is 28.9. The predicted molar refractivity (Wildman–Crippen MR) is 321 cm³/mol. The number of rotatable bonds is 27. The molecular weight excluding hydrogens is 1200 g/mol. The number of anilines is 1. The number of aliphatic hydroxyl groups excluding tert-OH is 1. The number of pyridine rings is 1. The molecule has 84 heavy (non-hydrogen) atoms. The Morgan fingerprint density at radius 3 is 2.19 bits per heavy atom. The monoisotopic (exact) mass is 1250 g/mol. The fourth-order valence-electron chi connectivity index (χ4n) is 8.22. The number of aliphatic hydroxyl groups is 1. The van der Waals surface area contributed by atoms with Crippen LogP contribution in [-0.4, -0.2) is 116 Å². The first-order valence-corrected chi connectivity index (χ1v) is 31.1. The van der Waals surface area contributed by atoms with E-state index in [1.165, 1.54) is 96.2 Å². The molecule has 7 heterocycles. The highest BCUT2D eigenvalue weighted by Crippen LogP contribution is 2.40. The van der Waals surface area contributed by atoms with Crippen LogP contribution in [-0.2, 0) is 35.2 Å². The van der Waals surface area contributed by atoms with Crippen LogP contribution in [0.25, 0.3) is 43.4 Å². The van der Waals surface area contributed by atoms with Crippen LogP contribution in [0.3, 0.4) is 0 Å². The molecule has 4 amide bonds. The minimum atomic E-state index is -0.996. The molecule has 440 valence electrons. The number of carbonyl (C=O) groups excluding carboxylic acids is 7. The summed E-state index contributed by atoms with van der Waals surface area (Å²) in [6, 6.07) is 10.8. The van der Waals surface area contributed by atoms with Gasteiger partial charge in [0.05, 0.1) is 61.0 Å². The van der Waals surface area contributed by atoms with Crippen molar-refractivity contribution in [2.24, 2.45) is 11.7 Å². The number of Topliss-reactive ketones (excluding diaryl/α,β-unsaturated/α-hetero) is 2. The second-order valence-electron chi connectivity index (χ2n) is 19.1. The van der Waals surface area contributed by atoms with Gasteiger partial charge in [-0.2, -0.15) is 0 Å². The smallest absolute Gasteiger partial charge is 0.412 e. The Morgan fingerprint density at radius 1 is 0.738 bits per heavy atom. The average Bonchev–Trinajstić information content (AvgIpc) is 3.92. The van der Waals surface area contributed by atoms with Crippen LogP contribution in [0.5, 0.6) is 0 Å². The quantitative estimate of drug-likeness (QED) is 0.0159. The molecule has 0 fully saturated rings. The first-order valence-electron chi connectivity index (χ1n) is 26.0. The molecule has 0 radical (unpaired) electrons. The SMILES string of the molecule is CNC(=O)C[C@H](NC(=O)c1csc(-c2ccc(-c3nc(NC(=O)OCCCC(=O)OC)cs3)nc2-c2csc(-c3csc([C@@H](N)[C@@H](O)c4ccccc4)n3)n2)n1)c1nc(C(=O)C[C@H](c2nc(C(=O)NCC(C)=O)c(COC)s2)C(C)C)c(C)s1. The number of ether oxygens (including phenoxy) is 3. The van der Waals surface area contributed by atoms with Crippen LogP contribution in [0.15, 0.2) is 64.0 Å². The maximum atomic E-state index is 14.3. The van der Waals surface area contributed by atoms with Gasteiger partial charge in [0.15, 0.2) is 5.78 Å². The summed E-state index contributed by atoms with van der Waals surface area (Å²) in [6.45, 7) is 6.93. The number of nitrogens with two attached hydrogens (primary N) is 1. The van der Waals surface area contributed by atoms with Gasteiger partial charge in [0.2, 0.25) is 5.91 Å². The molecule has 1 aromatic carbocycles. The van der Waals surface area contributed by atoms with Crippen molar-refractivity contribution in [3.05, 3.63) is 111 Å². The lowest BCUT2D eigenvalue weighted by molar-refractivity contribution is -0.141. The molecule has 4 atom stereocenters. The molecule has 29 heteroatoms. The van der Waals surface area contributed by atoms with Gasteiger partial charge >= 0.3 is 12.1 Å². The van der Waals surface area contributed by atoms with Crippen LogP contribution >= 0.6 is 68.0 Å². The zero-order valence-corrected chi connectivity index (χ0v) is 51.3. The summed E-state index contributed by atoms with van der Waals surface area (Å²) in [5.74, 6) is -2.77. The third kappa shape index (κ3) is 15.6. The van der Waals surface area contributed by atoms with Crippen LogP contribution in [0.2, 0.25) is 0 Å². The lowest BCUT2D eigenvalue weighted by Crippen LogP contribution is -2.33. The van der Waals surface area contributed by atoms with E-state index in [1.807, 2.05) is 42.8 Å². The predicted octanol–water partition coefficient (Wildman–Crippen LogP) is 9.12. The minimum Gasteiger partial charge on any atom is -0.469 e. The molecule has 0 aliphatic heterocycles. The number of ketones is 2. The third-order valence-electron chi connectivity index (χ3n) is 12.6. The Hall–Kier alpha value is -7.48. The van der Waals surface area contributed by atoms with Gasteiger partial charge in [-0.15, -0.1) is 68.0 Å². The van der Waals surface area contributed by atoms with Gasteiger partial charge in [0, 0.05) is 64.9 Å². The number of carbonyl (C=O) groups is 7. The van der Waals surface area contributed by atoms with E-state index >= 15 is 0 Å². The van der Waals surface area contributed by atoms with E-state index in [2.05, 4.69) is 36.0 Å². The fraction of sp³-hybridized carbons (Fsp3) is 0.345. The number of methoxy groups -OCH3 is 2. The van der Waals surface area contributed by atoms with Crippen molar-refractivity contribution >= 4 is 115 Å². The zero-order valence-electron chi connectivity index (χ0n) is 46.4. The third-order valence-corrected chi connectivity index (χ3v) is 18.4. The van der Waals surface area contributed by atoms with Crippen molar-refractivity contribution in [3.8, 4) is 43.4 Å². The van der Waals surface area contributed by atoms with E-state index in [-0.39, 0.29) is 85.8 Å². The molecule has 0 unspecified atom stereocenters. The topological polar surface area (TPSA) is 332 Å². The molecule has 7 aromatic heterocycles. The van der Waals surface area contributed by atoms with Gasteiger partial charge in [0.25, 0.3) is 11.8 Å². The molecule has 23 nitrogen and oxygen atoms in total. The number of amides is 4. The van der Waals surface area contributed by atoms with Crippen molar-refractivity contribution in [2.75, 3.05) is 39.7 Å². The molecule has 0 spiro atoms. The van der Waals surface area contributed by atoms with E-state index in [1.54, 1.807) is 41.9 Å². The summed E-state index contributed by atoms with van der Waals surface area (Å²) in [5.41, 5.74) is 9.79. The number of esters is 1. The highest BCUT2D eigenvalue weighted by Gasteiger charge is 2.32. The molecule has 8 rings (SSSR count). The van der Waals surface area contributed by atoms with Crippen molar-refractivity contribution in [2.45, 2.75) is 84.1 Å². The zero-order chi connectivity index (χ0) is 60.2. The molecule has 7 N–H and O–H groups in total. The van der Waals surface area contributed by atoms with Gasteiger partial charge in [-0.05, 0) is 43.9 Å². The Kier molecular flexibility index (Phi) is 21.5. The first kappa shape index (κ1) is 62.6. The maximum Gasteiger partial charge on any atom is 0.412 e. The number of nitrogens with zero attached hydrogens (tertiary/aromatic N) is 7. The van der Waals surface area contributed by atoms with E-state index in [4.69, 9.17) is 40.1 Å². The number of aryl methyl sites for hydroxylation is 1. The Balaban J connectivity index is 1.05. The number of benzene rings is 1. The Bertz CT molecular complexity index is 3660. The largest absolute Gasteiger partial charge is 0.469 e. The normalized spacial score (nSPS) is 12.7. The number of nitrogens with one attached hydrogen (secondary N) is 4. The highest BCUT2D eigenvalue weighted by atomic mass is 32.1. The van der Waals surface area contributed by atoms with Crippen LogP contribution in [0.4, 0.5) is 10.6 Å². The van der Waals surface area contributed by atoms with Gasteiger partial charge in [-0.25, -0.2) is 39.7 Å². The van der Waals surface area contributed by atoms with Crippen molar-refractivity contribution in [1.29, 1.82) is 0 Å². The van der Waals surface area contributed by atoms with E-state index in [0.29, 0.717) is 73.7 Å². The first-order chi connectivity index (χ1) is 40.3. The Morgan fingerprint density at radius 2 is 1.46 bits per heavy atom. The summed E-state index contributed by atoms with van der Waals surface area (Å²) in [5, 5.41) is 31.4.